The van der Waals surface area contributed by atoms with Crippen molar-refractivity contribution in [3.05, 3.63) is 0 Å². The summed E-state index contributed by atoms with van der Waals surface area (Å²) in [6.45, 7) is 5.06. The van der Waals surface area contributed by atoms with Gasteiger partial charge in [-0.3, -0.25) is 0 Å². The van der Waals surface area contributed by atoms with Gasteiger partial charge in [0, 0.05) is 13.7 Å². The van der Waals surface area contributed by atoms with E-state index in [9.17, 15) is 0 Å². The summed E-state index contributed by atoms with van der Waals surface area (Å²) in [4.78, 5) is 0. The Morgan fingerprint density at radius 3 is 2.57 bits per heavy atom. The quantitative estimate of drug-likeness (QED) is 0.621. The number of likely N-dealkylation sites (N-methyl/N-ethyl adjacent to an activating group) is 1. The van der Waals surface area contributed by atoms with Gasteiger partial charge in [-0.1, -0.05) is 0 Å². The molecule has 0 saturated heterocycles. The lowest BCUT2D eigenvalue weighted by Crippen LogP contribution is -2.30. The van der Waals surface area contributed by atoms with Gasteiger partial charge in [0.15, 0.2) is 0 Å². The highest BCUT2D eigenvalue weighted by atomic mass is 16.5. The summed E-state index contributed by atoms with van der Waals surface area (Å²) >= 11 is 0. The fourth-order valence-corrected chi connectivity index (χ4v) is 0.806. The molecule has 0 aliphatic carbocycles. The lowest BCUT2D eigenvalue weighted by molar-refractivity contribution is -0.0107. The van der Waals surface area contributed by atoms with Gasteiger partial charge in [0.1, 0.15) is 6.04 Å². The first kappa shape index (κ1) is 13.4. The van der Waals surface area contributed by atoms with Gasteiger partial charge in [0.2, 0.25) is 0 Å². The maximum absolute atomic E-state index is 8.61. The molecule has 0 amide bonds. The summed E-state index contributed by atoms with van der Waals surface area (Å²) in [7, 11) is 3.43. The predicted molar refractivity (Wildman–Crippen MR) is 55.0 cm³/mol. The average Bonchev–Trinajstić information content (AvgIpc) is 2.18. The topological polar surface area (TPSA) is 54.3 Å². The number of nitrogens with zero attached hydrogens (tertiary/aromatic N) is 1. The predicted octanol–water partition coefficient (Wildman–Crippen LogP) is 0.930. The molecule has 0 radical (unpaired) electrons. The summed E-state index contributed by atoms with van der Waals surface area (Å²) in [5, 5.41) is 11.5. The van der Waals surface area contributed by atoms with E-state index in [-0.39, 0.29) is 11.6 Å². The molecule has 1 unspecified atom stereocenters. The van der Waals surface area contributed by atoms with Crippen LogP contribution in [0, 0.1) is 11.3 Å². The van der Waals surface area contributed by atoms with Crippen LogP contribution in [0.15, 0.2) is 0 Å². The van der Waals surface area contributed by atoms with Crippen LogP contribution in [-0.4, -0.2) is 39.0 Å². The van der Waals surface area contributed by atoms with E-state index < -0.39 is 0 Å². The van der Waals surface area contributed by atoms with Crippen molar-refractivity contribution in [2.45, 2.75) is 31.9 Å². The summed E-state index contributed by atoms with van der Waals surface area (Å²) < 4.78 is 10.6. The van der Waals surface area contributed by atoms with Crippen LogP contribution in [0.1, 0.15) is 20.3 Å². The Kier molecular flexibility index (Phi) is 6.46. The van der Waals surface area contributed by atoms with E-state index in [1.807, 2.05) is 13.8 Å². The van der Waals surface area contributed by atoms with Crippen molar-refractivity contribution < 1.29 is 9.47 Å². The molecule has 0 spiro atoms. The van der Waals surface area contributed by atoms with Crippen molar-refractivity contribution in [3.63, 3.8) is 0 Å². The minimum atomic E-state index is -0.222. The van der Waals surface area contributed by atoms with Crippen LogP contribution in [0.25, 0.3) is 0 Å². The minimum absolute atomic E-state index is 0.151. The highest BCUT2D eigenvalue weighted by molar-refractivity contribution is 4.88. The second-order valence-corrected chi connectivity index (χ2v) is 3.76. The van der Waals surface area contributed by atoms with Crippen LogP contribution < -0.4 is 5.32 Å². The normalized spacial score (nSPS) is 13.6. The second kappa shape index (κ2) is 6.77. The molecule has 0 aromatic rings. The fourth-order valence-electron chi connectivity index (χ4n) is 0.806. The molecule has 0 aromatic carbocycles. The maximum Gasteiger partial charge on any atom is 0.119 e. The molecule has 1 N–H and O–H groups in total. The molecule has 4 nitrogen and oxygen atoms in total. The van der Waals surface area contributed by atoms with Crippen LogP contribution in [0.3, 0.4) is 0 Å². The van der Waals surface area contributed by atoms with Gasteiger partial charge in [-0.25, -0.2) is 0 Å². The molecule has 0 rings (SSSR count). The molecular formula is C10H20N2O2. The van der Waals surface area contributed by atoms with Gasteiger partial charge < -0.3 is 14.8 Å². The van der Waals surface area contributed by atoms with Gasteiger partial charge in [0.25, 0.3) is 0 Å². The molecule has 1 atom stereocenters. The minimum Gasteiger partial charge on any atom is -0.379 e. The van der Waals surface area contributed by atoms with E-state index in [2.05, 4.69) is 11.4 Å². The zero-order chi connectivity index (χ0) is 11.0. The van der Waals surface area contributed by atoms with Crippen molar-refractivity contribution in [2.75, 3.05) is 27.4 Å². The molecule has 0 bridgehead atoms. The van der Waals surface area contributed by atoms with Crippen molar-refractivity contribution >= 4 is 0 Å². The Morgan fingerprint density at radius 2 is 2.14 bits per heavy atom. The van der Waals surface area contributed by atoms with Crippen LogP contribution in [0.5, 0.6) is 0 Å². The highest BCUT2D eigenvalue weighted by Crippen LogP contribution is 2.12. The molecule has 82 valence electrons. The van der Waals surface area contributed by atoms with E-state index in [0.717, 1.165) is 6.42 Å². The third-order valence-electron chi connectivity index (χ3n) is 2.19. The third-order valence-corrected chi connectivity index (χ3v) is 2.19. The first-order chi connectivity index (χ1) is 6.55. The maximum atomic E-state index is 8.61. The molecule has 0 aromatic heterocycles. The Balaban J connectivity index is 3.52. The number of ether oxygens (including phenoxy) is 2. The molecule has 14 heavy (non-hydrogen) atoms. The smallest absolute Gasteiger partial charge is 0.119 e. The molecule has 4 heteroatoms. The van der Waals surface area contributed by atoms with Crippen molar-refractivity contribution in [3.8, 4) is 6.07 Å². The van der Waals surface area contributed by atoms with Gasteiger partial charge in [-0.15, -0.1) is 0 Å². The van der Waals surface area contributed by atoms with Gasteiger partial charge >= 0.3 is 0 Å². The number of nitrogens with one attached hydrogen (secondary N) is 1. The zero-order valence-electron chi connectivity index (χ0n) is 9.46. The van der Waals surface area contributed by atoms with E-state index in [0.29, 0.717) is 13.2 Å². The van der Waals surface area contributed by atoms with E-state index in [4.69, 9.17) is 14.7 Å². The summed E-state index contributed by atoms with van der Waals surface area (Å²) in [6, 6.07) is 1.87. The van der Waals surface area contributed by atoms with Crippen LogP contribution in [0.2, 0.25) is 0 Å². The van der Waals surface area contributed by atoms with Gasteiger partial charge in [0.05, 0.1) is 18.3 Å². The second-order valence-electron chi connectivity index (χ2n) is 3.76. The third kappa shape index (κ3) is 5.92. The van der Waals surface area contributed by atoms with Crippen LogP contribution >= 0.6 is 0 Å². The summed E-state index contributed by atoms with van der Waals surface area (Å²) in [6.07, 6.45) is 0.825. The highest BCUT2D eigenvalue weighted by Gasteiger charge is 2.15. The van der Waals surface area contributed by atoms with Crippen molar-refractivity contribution in [1.29, 1.82) is 5.26 Å². The van der Waals surface area contributed by atoms with Gasteiger partial charge in [-0.2, -0.15) is 5.26 Å². The zero-order valence-corrected chi connectivity index (χ0v) is 9.46. The lowest BCUT2D eigenvalue weighted by Gasteiger charge is -2.22. The Morgan fingerprint density at radius 1 is 1.50 bits per heavy atom. The number of nitriles is 1. The monoisotopic (exact) mass is 200 g/mol. The van der Waals surface area contributed by atoms with E-state index >= 15 is 0 Å². The first-order valence-corrected chi connectivity index (χ1v) is 4.75. The molecule has 0 heterocycles. The number of rotatable bonds is 7. The van der Waals surface area contributed by atoms with E-state index in [1.165, 1.54) is 0 Å². The number of methoxy groups -OCH3 is 1. The Hall–Kier alpha value is -0.630. The lowest BCUT2D eigenvalue weighted by atomic mass is 10.1. The number of hydrogen-bond donors (Lipinski definition) is 1. The molecule has 0 aliphatic rings. The Labute approximate surface area is 86.2 Å². The van der Waals surface area contributed by atoms with Gasteiger partial charge in [-0.05, 0) is 27.3 Å². The standard InChI is InChI=1S/C10H20N2O2/c1-10(2,13-4)5-6-14-8-9(7-11)12-3/h9,12H,5-6,8H2,1-4H3. The Bertz CT molecular complexity index is 187. The van der Waals surface area contributed by atoms with E-state index in [1.54, 1.807) is 14.2 Å². The van der Waals surface area contributed by atoms with Crippen molar-refractivity contribution in [2.24, 2.45) is 0 Å². The SMILES string of the molecule is CNC(C#N)COCCC(C)(C)OC. The largest absolute Gasteiger partial charge is 0.379 e. The molecular weight excluding hydrogens is 180 g/mol. The molecule has 0 aliphatic heterocycles. The first-order valence-electron chi connectivity index (χ1n) is 4.75. The summed E-state index contributed by atoms with van der Waals surface area (Å²) in [5.74, 6) is 0. The fraction of sp³-hybridized carbons (Fsp3) is 0.900. The molecule has 0 fully saturated rings. The van der Waals surface area contributed by atoms with Crippen molar-refractivity contribution in [1.82, 2.24) is 5.32 Å². The molecule has 0 saturated carbocycles. The average molecular weight is 200 g/mol. The number of hydrogen-bond acceptors (Lipinski definition) is 4. The summed E-state index contributed by atoms with van der Waals surface area (Å²) in [5.41, 5.74) is -0.151. The van der Waals surface area contributed by atoms with Crippen LogP contribution in [-0.2, 0) is 9.47 Å². The van der Waals surface area contributed by atoms with Crippen LogP contribution in [0.4, 0.5) is 0 Å².